The van der Waals surface area contributed by atoms with Crippen molar-refractivity contribution in [3.8, 4) is 5.75 Å². The zero-order valence-electron chi connectivity index (χ0n) is 15.1. The molecule has 1 aliphatic heterocycles. The first-order valence-electron chi connectivity index (χ1n) is 8.70. The molecule has 6 nitrogen and oxygen atoms in total. The normalized spacial score (nSPS) is 14.8. The highest BCUT2D eigenvalue weighted by atomic mass is 79.9. The van der Waals surface area contributed by atoms with E-state index in [-0.39, 0.29) is 18.0 Å². The second-order valence-electron chi connectivity index (χ2n) is 6.53. The molecule has 144 valence electrons. The minimum absolute atomic E-state index is 0.0212. The highest BCUT2D eigenvalue weighted by molar-refractivity contribution is 9.10. The number of carbonyl (C=O) groups is 2. The van der Waals surface area contributed by atoms with Crippen molar-refractivity contribution >= 4 is 39.5 Å². The lowest BCUT2D eigenvalue weighted by Gasteiger charge is -2.33. The Morgan fingerprint density at radius 3 is 2.65 bits per heavy atom. The Kier molecular flexibility index (Phi) is 8.03. The minimum atomic E-state index is 0.0212. The number of hydrogen-bond acceptors (Lipinski definition) is 3. The Hall–Kier alpha value is -1.47. The van der Waals surface area contributed by atoms with Gasteiger partial charge < -0.3 is 19.9 Å². The third kappa shape index (κ3) is 6.36. The van der Waals surface area contributed by atoms with E-state index in [2.05, 4.69) is 21.2 Å². The van der Waals surface area contributed by atoms with Crippen LogP contribution in [0.5, 0.6) is 5.75 Å². The first-order valence-corrected chi connectivity index (χ1v) is 9.87. The lowest BCUT2D eigenvalue weighted by atomic mass is 10.0. The van der Waals surface area contributed by atoms with Crippen LogP contribution >= 0.6 is 27.5 Å². The SMILES string of the molecule is CN(C)C(=O)N1CCC(NC(=O)CCCOc2ccc(Br)cc2Cl)CC1. The molecule has 0 spiro atoms. The van der Waals surface area contributed by atoms with Crippen molar-refractivity contribution in [1.29, 1.82) is 0 Å². The molecule has 3 amide bonds. The third-order valence-corrected chi connectivity index (χ3v) is 5.00. The number of likely N-dealkylation sites (tertiary alicyclic amines) is 1. The fourth-order valence-corrected chi connectivity index (χ4v) is 3.53. The number of nitrogens with zero attached hydrogens (tertiary/aromatic N) is 2. The molecule has 1 aromatic carbocycles. The molecule has 26 heavy (non-hydrogen) atoms. The van der Waals surface area contributed by atoms with Crippen LogP contribution in [0.3, 0.4) is 0 Å². The summed E-state index contributed by atoms with van der Waals surface area (Å²) in [6.45, 7) is 1.78. The number of halogens is 2. The lowest BCUT2D eigenvalue weighted by Crippen LogP contribution is -2.49. The van der Waals surface area contributed by atoms with Crippen molar-refractivity contribution < 1.29 is 14.3 Å². The van der Waals surface area contributed by atoms with Crippen molar-refractivity contribution in [2.24, 2.45) is 0 Å². The molecule has 0 aromatic heterocycles. The molecule has 2 rings (SSSR count). The summed E-state index contributed by atoms with van der Waals surface area (Å²) in [6, 6.07) is 5.60. The predicted molar refractivity (Wildman–Crippen MR) is 106 cm³/mol. The first-order chi connectivity index (χ1) is 12.4. The Morgan fingerprint density at radius 2 is 2.04 bits per heavy atom. The summed E-state index contributed by atoms with van der Waals surface area (Å²) in [4.78, 5) is 27.4. The van der Waals surface area contributed by atoms with Gasteiger partial charge in [-0.15, -0.1) is 0 Å². The van der Waals surface area contributed by atoms with E-state index >= 15 is 0 Å². The topological polar surface area (TPSA) is 61.9 Å². The Balaban J connectivity index is 1.63. The van der Waals surface area contributed by atoms with Crippen molar-refractivity contribution in [2.45, 2.75) is 31.7 Å². The van der Waals surface area contributed by atoms with Crippen molar-refractivity contribution in [1.82, 2.24) is 15.1 Å². The van der Waals surface area contributed by atoms with Crippen LogP contribution in [-0.4, -0.2) is 61.6 Å². The van der Waals surface area contributed by atoms with Gasteiger partial charge in [0.05, 0.1) is 11.6 Å². The number of amides is 3. The second-order valence-corrected chi connectivity index (χ2v) is 7.86. The Labute approximate surface area is 167 Å². The summed E-state index contributed by atoms with van der Waals surface area (Å²) >= 11 is 9.43. The van der Waals surface area contributed by atoms with Crippen LogP contribution in [0.25, 0.3) is 0 Å². The van der Waals surface area contributed by atoms with E-state index in [0.717, 1.165) is 17.3 Å². The van der Waals surface area contributed by atoms with E-state index in [4.69, 9.17) is 16.3 Å². The van der Waals surface area contributed by atoms with Crippen LogP contribution in [0.2, 0.25) is 5.02 Å². The summed E-state index contributed by atoms with van der Waals surface area (Å²) in [5.41, 5.74) is 0. The largest absolute Gasteiger partial charge is 0.492 e. The molecule has 0 atom stereocenters. The van der Waals surface area contributed by atoms with Crippen LogP contribution in [0.4, 0.5) is 4.79 Å². The first kappa shape index (κ1) is 20.8. The minimum Gasteiger partial charge on any atom is -0.492 e. The van der Waals surface area contributed by atoms with Crippen LogP contribution in [0.15, 0.2) is 22.7 Å². The number of hydrogen-bond donors (Lipinski definition) is 1. The van der Waals surface area contributed by atoms with Crippen LogP contribution in [-0.2, 0) is 4.79 Å². The van der Waals surface area contributed by atoms with E-state index in [9.17, 15) is 9.59 Å². The summed E-state index contributed by atoms with van der Waals surface area (Å²) in [6.07, 6.45) is 2.60. The van der Waals surface area contributed by atoms with Gasteiger partial charge in [0.15, 0.2) is 0 Å². The number of urea groups is 1. The third-order valence-electron chi connectivity index (χ3n) is 4.21. The fourth-order valence-electron chi connectivity index (χ4n) is 2.80. The molecule has 0 bridgehead atoms. The zero-order chi connectivity index (χ0) is 19.1. The van der Waals surface area contributed by atoms with Gasteiger partial charge in [-0.05, 0) is 37.5 Å². The number of carbonyl (C=O) groups excluding carboxylic acids is 2. The van der Waals surface area contributed by atoms with E-state index in [1.54, 1.807) is 31.1 Å². The van der Waals surface area contributed by atoms with E-state index in [1.165, 1.54) is 0 Å². The van der Waals surface area contributed by atoms with Gasteiger partial charge in [0, 0.05) is 44.1 Å². The van der Waals surface area contributed by atoms with Crippen LogP contribution in [0, 0.1) is 0 Å². The number of piperidine rings is 1. The predicted octanol–water partition coefficient (Wildman–Crippen LogP) is 3.52. The maximum absolute atomic E-state index is 12.1. The molecule has 8 heteroatoms. The molecule has 1 saturated heterocycles. The van der Waals surface area contributed by atoms with Crippen molar-refractivity contribution in [3.05, 3.63) is 27.7 Å². The van der Waals surface area contributed by atoms with Crippen LogP contribution in [0.1, 0.15) is 25.7 Å². The molecular formula is C18H25BrClN3O3. The highest BCUT2D eigenvalue weighted by Gasteiger charge is 2.24. The summed E-state index contributed by atoms with van der Waals surface area (Å²) in [5.74, 6) is 0.640. The van der Waals surface area contributed by atoms with Gasteiger partial charge >= 0.3 is 6.03 Å². The molecule has 1 fully saturated rings. The molecule has 1 N–H and O–H groups in total. The molecule has 0 unspecified atom stereocenters. The number of benzene rings is 1. The Bertz CT molecular complexity index is 634. The van der Waals surface area contributed by atoms with Crippen molar-refractivity contribution in [2.75, 3.05) is 33.8 Å². The zero-order valence-corrected chi connectivity index (χ0v) is 17.5. The van der Waals surface area contributed by atoms with Gasteiger partial charge in [-0.2, -0.15) is 0 Å². The molecule has 0 radical (unpaired) electrons. The summed E-state index contributed by atoms with van der Waals surface area (Å²) in [5, 5.41) is 3.59. The van der Waals surface area contributed by atoms with E-state index < -0.39 is 0 Å². The van der Waals surface area contributed by atoms with Gasteiger partial charge in [-0.1, -0.05) is 27.5 Å². The summed E-state index contributed by atoms with van der Waals surface area (Å²) < 4.78 is 6.51. The van der Waals surface area contributed by atoms with E-state index in [1.807, 2.05) is 11.0 Å². The molecule has 1 aliphatic rings. The smallest absolute Gasteiger partial charge is 0.319 e. The molecule has 1 heterocycles. The molecular weight excluding hydrogens is 422 g/mol. The average Bonchev–Trinajstić information content (AvgIpc) is 2.60. The Morgan fingerprint density at radius 1 is 1.35 bits per heavy atom. The average molecular weight is 447 g/mol. The van der Waals surface area contributed by atoms with Gasteiger partial charge in [0.1, 0.15) is 5.75 Å². The molecule has 0 aliphatic carbocycles. The van der Waals surface area contributed by atoms with Gasteiger partial charge in [0.2, 0.25) is 5.91 Å². The monoisotopic (exact) mass is 445 g/mol. The maximum atomic E-state index is 12.1. The number of nitrogens with one attached hydrogen (secondary N) is 1. The standard InChI is InChI=1S/C18H25BrClN3O3/c1-22(2)18(25)23-9-7-14(8-10-23)21-17(24)4-3-11-26-16-6-5-13(19)12-15(16)20/h5-6,12,14H,3-4,7-11H2,1-2H3,(H,21,24). The highest BCUT2D eigenvalue weighted by Crippen LogP contribution is 2.27. The maximum Gasteiger partial charge on any atom is 0.319 e. The van der Waals surface area contributed by atoms with Gasteiger partial charge in [0.25, 0.3) is 0 Å². The fraction of sp³-hybridized carbons (Fsp3) is 0.556. The van der Waals surface area contributed by atoms with Gasteiger partial charge in [-0.25, -0.2) is 4.79 Å². The van der Waals surface area contributed by atoms with Gasteiger partial charge in [-0.3, -0.25) is 4.79 Å². The van der Waals surface area contributed by atoms with E-state index in [0.29, 0.717) is 43.3 Å². The quantitative estimate of drug-likeness (QED) is 0.680. The summed E-state index contributed by atoms with van der Waals surface area (Å²) in [7, 11) is 3.50. The lowest BCUT2D eigenvalue weighted by molar-refractivity contribution is -0.122. The van der Waals surface area contributed by atoms with Crippen molar-refractivity contribution in [3.63, 3.8) is 0 Å². The molecule has 1 aromatic rings. The number of ether oxygens (including phenoxy) is 1. The molecule has 0 saturated carbocycles. The second kappa shape index (κ2) is 10.0. The van der Waals surface area contributed by atoms with Crippen LogP contribution < -0.4 is 10.1 Å². The number of rotatable bonds is 6.